The van der Waals surface area contributed by atoms with E-state index in [1.807, 2.05) is 25.2 Å². The van der Waals surface area contributed by atoms with Gasteiger partial charge in [0.25, 0.3) is 5.91 Å². The summed E-state index contributed by atoms with van der Waals surface area (Å²) in [5, 5.41) is 3.08. The van der Waals surface area contributed by atoms with E-state index in [2.05, 4.69) is 5.32 Å². The Bertz CT molecular complexity index is 473. The van der Waals surface area contributed by atoms with Gasteiger partial charge >= 0.3 is 0 Å². The molecule has 0 radical (unpaired) electrons. The van der Waals surface area contributed by atoms with E-state index in [0.29, 0.717) is 44.3 Å². The molecule has 0 aliphatic carbocycles. The quantitative estimate of drug-likeness (QED) is 0.835. The molecule has 2 rings (SSSR count). The standard InChI is InChI=1S/C15H22N2O4/c1-16-10-12-4-3-5-13(19-2)15(12)21-11-14(18)17-6-8-20-9-7-17/h3-5,16H,6-11H2,1-2H3. The number of morpholine rings is 1. The SMILES string of the molecule is CNCc1cccc(OC)c1OCC(=O)N1CCOCC1. The van der Waals surface area contributed by atoms with Crippen LogP contribution >= 0.6 is 0 Å². The van der Waals surface area contributed by atoms with Gasteiger partial charge in [0.1, 0.15) is 0 Å². The van der Waals surface area contributed by atoms with Gasteiger partial charge in [0.05, 0.1) is 20.3 Å². The summed E-state index contributed by atoms with van der Waals surface area (Å²) in [5.41, 5.74) is 0.964. The van der Waals surface area contributed by atoms with Crippen molar-refractivity contribution in [3.05, 3.63) is 23.8 Å². The van der Waals surface area contributed by atoms with Crippen molar-refractivity contribution in [2.45, 2.75) is 6.54 Å². The predicted molar refractivity (Wildman–Crippen MR) is 78.7 cm³/mol. The molecule has 1 aromatic rings. The van der Waals surface area contributed by atoms with Crippen LogP contribution in [0.2, 0.25) is 0 Å². The normalized spacial score (nSPS) is 14.9. The van der Waals surface area contributed by atoms with Crippen LogP contribution in [0, 0.1) is 0 Å². The molecule has 116 valence electrons. The molecule has 0 unspecified atom stereocenters. The Kier molecular flexibility index (Phi) is 5.83. The predicted octanol–water partition coefficient (Wildman–Crippen LogP) is 0.652. The summed E-state index contributed by atoms with van der Waals surface area (Å²) in [4.78, 5) is 13.9. The van der Waals surface area contributed by atoms with E-state index < -0.39 is 0 Å². The summed E-state index contributed by atoms with van der Waals surface area (Å²) in [6, 6.07) is 5.68. The van der Waals surface area contributed by atoms with Crippen LogP contribution in [-0.4, -0.2) is 57.9 Å². The van der Waals surface area contributed by atoms with Crippen molar-refractivity contribution in [1.29, 1.82) is 0 Å². The molecular formula is C15H22N2O4. The van der Waals surface area contributed by atoms with Gasteiger partial charge in [0.15, 0.2) is 18.1 Å². The average Bonchev–Trinajstić information content (AvgIpc) is 2.54. The van der Waals surface area contributed by atoms with Gasteiger partial charge in [0.2, 0.25) is 0 Å². The molecule has 6 heteroatoms. The summed E-state index contributed by atoms with van der Waals surface area (Å²) >= 11 is 0. The zero-order valence-corrected chi connectivity index (χ0v) is 12.6. The second-order valence-electron chi connectivity index (χ2n) is 4.76. The summed E-state index contributed by atoms with van der Waals surface area (Å²) in [6.07, 6.45) is 0. The number of para-hydroxylation sites is 1. The lowest BCUT2D eigenvalue weighted by atomic mass is 10.2. The third-order valence-corrected chi connectivity index (χ3v) is 3.35. The molecule has 0 bridgehead atoms. The van der Waals surface area contributed by atoms with Crippen LogP contribution in [0.25, 0.3) is 0 Å². The first kappa shape index (κ1) is 15.6. The molecule has 1 fully saturated rings. The minimum atomic E-state index is -0.0281. The highest BCUT2D eigenvalue weighted by Crippen LogP contribution is 2.31. The fourth-order valence-corrected chi connectivity index (χ4v) is 2.25. The number of benzene rings is 1. The Balaban J connectivity index is 2.02. The topological polar surface area (TPSA) is 60.0 Å². The minimum Gasteiger partial charge on any atom is -0.493 e. The number of carbonyl (C=O) groups is 1. The van der Waals surface area contributed by atoms with Crippen LogP contribution in [0.4, 0.5) is 0 Å². The van der Waals surface area contributed by atoms with Gasteiger partial charge in [0, 0.05) is 25.2 Å². The van der Waals surface area contributed by atoms with Crippen molar-refractivity contribution in [3.8, 4) is 11.5 Å². The van der Waals surface area contributed by atoms with Gasteiger partial charge in [-0.1, -0.05) is 12.1 Å². The van der Waals surface area contributed by atoms with Crippen LogP contribution < -0.4 is 14.8 Å². The van der Waals surface area contributed by atoms with Crippen molar-refractivity contribution in [2.24, 2.45) is 0 Å². The number of nitrogens with zero attached hydrogens (tertiary/aromatic N) is 1. The lowest BCUT2D eigenvalue weighted by Gasteiger charge is -2.27. The van der Waals surface area contributed by atoms with E-state index >= 15 is 0 Å². The van der Waals surface area contributed by atoms with Crippen LogP contribution in [0.5, 0.6) is 11.5 Å². The second-order valence-corrected chi connectivity index (χ2v) is 4.76. The zero-order valence-electron chi connectivity index (χ0n) is 12.6. The number of rotatable bonds is 6. The van der Waals surface area contributed by atoms with E-state index in [1.54, 1.807) is 12.0 Å². The van der Waals surface area contributed by atoms with Gasteiger partial charge in [-0.05, 0) is 13.1 Å². The molecule has 1 aromatic carbocycles. The van der Waals surface area contributed by atoms with Crippen LogP contribution in [0.1, 0.15) is 5.56 Å². The smallest absolute Gasteiger partial charge is 0.260 e. The fraction of sp³-hybridized carbons (Fsp3) is 0.533. The first-order valence-corrected chi connectivity index (χ1v) is 7.05. The zero-order chi connectivity index (χ0) is 15.1. The van der Waals surface area contributed by atoms with E-state index in [0.717, 1.165) is 5.56 Å². The third kappa shape index (κ3) is 4.09. The molecule has 0 aromatic heterocycles. The summed E-state index contributed by atoms with van der Waals surface area (Å²) in [5.74, 6) is 1.23. The van der Waals surface area contributed by atoms with Crippen molar-refractivity contribution in [2.75, 3.05) is 47.1 Å². The monoisotopic (exact) mass is 294 g/mol. The molecule has 1 heterocycles. The van der Waals surface area contributed by atoms with Crippen molar-refractivity contribution in [1.82, 2.24) is 10.2 Å². The molecule has 6 nitrogen and oxygen atoms in total. The molecule has 0 atom stereocenters. The number of hydrogen-bond donors (Lipinski definition) is 1. The average molecular weight is 294 g/mol. The van der Waals surface area contributed by atoms with Gasteiger partial charge in [-0.2, -0.15) is 0 Å². The second kappa shape index (κ2) is 7.85. The molecular weight excluding hydrogens is 272 g/mol. The number of amides is 1. The number of nitrogens with one attached hydrogen (secondary N) is 1. The fourth-order valence-electron chi connectivity index (χ4n) is 2.25. The Hall–Kier alpha value is -1.79. The van der Waals surface area contributed by atoms with E-state index in [4.69, 9.17) is 14.2 Å². The summed E-state index contributed by atoms with van der Waals surface area (Å²) in [7, 11) is 3.46. The lowest BCUT2D eigenvalue weighted by molar-refractivity contribution is -0.137. The Morgan fingerprint density at radius 2 is 2.14 bits per heavy atom. The number of carbonyl (C=O) groups excluding carboxylic acids is 1. The molecule has 1 amide bonds. The van der Waals surface area contributed by atoms with Crippen molar-refractivity contribution < 1.29 is 19.0 Å². The van der Waals surface area contributed by atoms with E-state index in [9.17, 15) is 4.79 Å². The van der Waals surface area contributed by atoms with E-state index in [-0.39, 0.29) is 12.5 Å². The minimum absolute atomic E-state index is 0.0110. The molecule has 1 aliphatic rings. The lowest BCUT2D eigenvalue weighted by Crippen LogP contribution is -2.43. The molecule has 1 saturated heterocycles. The highest BCUT2D eigenvalue weighted by molar-refractivity contribution is 5.78. The Morgan fingerprint density at radius 3 is 2.81 bits per heavy atom. The van der Waals surface area contributed by atoms with Crippen LogP contribution in [0.3, 0.4) is 0 Å². The molecule has 21 heavy (non-hydrogen) atoms. The molecule has 1 N–H and O–H groups in total. The highest BCUT2D eigenvalue weighted by atomic mass is 16.5. The van der Waals surface area contributed by atoms with Crippen LogP contribution in [-0.2, 0) is 16.1 Å². The van der Waals surface area contributed by atoms with Crippen molar-refractivity contribution >= 4 is 5.91 Å². The maximum absolute atomic E-state index is 12.1. The molecule has 0 saturated carbocycles. The summed E-state index contributed by atoms with van der Waals surface area (Å²) in [6.45, 7) is 3.08. The first-order chi connectivity index (χ1) is 10.3. The Labute approximate surface area is 125 Å². The number of hydrogen-bond acceptors (Lipinski definition) is 5. The molecule has 1 aliphatic heterocycles. The van der Waals surface area contributed by atoms with Crippen LogP contribution in [0.15, 0.2) is 18.2 Å². The Morgan fingerprint density at radius 1 is 1.38 bits per heavy atom. The molecule has 0 spiro atoms. The summed E-state index contributed by atoms with van der Waals surface area (Å²) < 4.78 is 16.3. The maximum atomic E-state index is 12.1. The third-order valence-electron chi connectivity index (χ3n) is 3.35. The maximum Gasteiger partial charge on any atom is 0.260 e. The highest BCUT2D eigenvalue weighted by Gasteiger charge is 2.19. The van der Waals surface area contributed by atoms with Crippen molar-refractivity contribution in [3.63, 3.8) is 0 Å². The van der Waals surface area contributed by atoms with Gasteiger partial charge < -0.3 is 24.4 Å². The van der Waals surface area contributed by atoms with Gasteiger partial charge in [-0.25, -0.2) is 0 Å². The van der Waals surface area contributed by atoms with E-state index in [1.165, 1.54) is 0 Å². The van der Waals surface area contributed by atoms with Gasteiger partial charge in [-0.3, -0.25) is 4.79 Å². The van der Waals surface area contributed by atoms with Gasteiger partial charge in [-0.15, -0.1) is 0 Å². The first-order valence-electron chi connectivity index (χ1n) is 7.05. The largest absolute Gasteiger partial charge is 0.493 e. The number of ether oxygens (including phenoxy) is 3. The number of methoxy groups -OCH3 is 1.